The van der Waals surface area contributed by atoms with Crippen LogP contribution in [0.25, 0.3) is 0 Å². The van der Waals surface area contributed by atoms with Crippen LogP contribution in [0, 0.1) is 5.92 Å². The second-order valence-corrected chi connectivity index (χ2v) is 7.11. The van der Waals surface area contributed by atoms with E-state index in [0.29, 0.717) is 32.2 Å². The third-order valence-corrected chi connectivity index (χ3v) is 4.70. The Hall–Kier alpha value is -2.40. The molecule has 0 aromatic heterocycles. The molecule has 0 aromatic rings. The van der Waals surface area contributed by atoms with Gasteiger partial charge in [0.1, 0.15) is 12.1 Å². The van der Waals surface area contributed by atoms with Gasteiger partial charge in [0.25, 0.3) is 0 Å². The molecular formula is C18H37N7O4. The number of hydrogen-bond donors (Lipinski definition) is 7. The fourth-order valence-corrected chi connectivity index (χ4v) is 2.58. The van der Waals surface area contributed by atoms with Crippen LogP contribution < -0.4 is 33.6 Å². The first-order valence-electron chi connectivity index (χ1n) is 9.98. The number of carboxylic acid groups (broad SMARTS) is 1. The molecule has 0 saturated heterocycles. The summed E-state index contributed by atoms with van der Waals surface area (Å²) in [5, 5.41) is 14.5. The van der Waals surface area contributed by atoms with Gasteiger partial charge in [-0.15, -0.1) is 0 Å². The van der Waals surface area contributed by atoms with Crippen LogP contribution in [-0.4, -0.2) is 60.1 Å². The van der Waals surface area contributed by atoms with Crippen molar-refractivity contribution in [3.63, 3.8) is 0 Å². The number of aliphatic carboxylic acids is 1. The zero-order chi connectivity index (χ0) is 22.4. The van der Waals surface area contributed by atoms with Gasteiger partial charge in [0.2, 0.25) is 11.8 Å². The van der Waals surface area contributed by atoms with E-state index in [1.165, 1.54) is 0 Å². The lowest BCUT2D eigenvalue weighted by Gasteiger charge is -2.24. The minimum absolute atomic E-state index is 0.0663. The molecule has 168 valence electrons. The highest BCUT2D eigenvalue weighted by Gasteiger charge is 2.28. The van der Waals surface area contributed by atoms with Crippen molar-refractivity contribution in [1.82, 2.24) is 10.6 Å². The number of carboxylic acids is 1. The summed E-state index contributed by atoms with van der Waals surface area (Å²) in [5.41, 5.74) is 21.9. The molecule has 11 N–H and O–H groups in total. The number of nitrogens with zero attached hydrogens (tertiary/aromatic N) is 1. The van der Waals surface area contributed by atoms with Gasteiger partial charge in [-0.3, -0.25) is 14.6 Å². The van der Waals surface area contributed by atoms with Crippen LogP contribution in [0.3, 0.4) is 0 Å². The molecule has 0 rings (SSSR count). The van der Waals surface area contributed by atoms with E-state index in [0.717, 1.165) is 0 Å². The van der Waals surface area contributed by atoms with Crippen LogP contribution in [0.15, 0.2) is 4.99 Å². The van der Waals surface area contributed by atoms with Gasteiger partial charge in [0.15, 0.2) is 5.96 Å². The van der Waals surface area contributed by atoms with Gasteiger partial charge in [0, 0.05) is 6.54 Å². The average Bonchev–Trinajstić information content (AvgIpc) is 2.67. The molecule has 0 aliphatic heterocycles. The summed E-state index contributed by atoms with van der Waals surface area (Å²) in [6, 6.07) is -2.77. The van der Waals surface area contributed by atoms with E-state index in [4.69, 9.17) is 22.9 Å². The molecule has 0 bridgehead atoms. The molecule has 11 heteroatoms. The van der Waals surface area contributed by atoms with Gasteiger partial charge in [-0.25, -0.2) is 4.79 Å². The second-order valence-electron chi connectivity index (χ2n) is 7.11. The Balaban J connectivity index is 5.12. The van der Waals surface area contributed by atoms with E-state index >= 15 is 0 Å². The lowest BCUT2D eigenvalue weighted by Crippen LogP contribution is -2.55. The fourth-order valence-electron chi connectivity index (χ4n) is 2.58. The molecule has 0 spiro atoms. The molecule has 29 heavy (non-hydrogen) atoms. The lowest BCUT2D eigenvalue weighted by molar-refractivity contribution is -0.142. The molecule has 0 radical (unpaired) electrons. The maximum absolute atomic E-state index is 12.7. The number of rotatable bonds is 15. The molecule has 4 unspecified atom stereocenters. The normalized spacial score (nSPS) is 14.9. The van der Waals surface area contributed by atoms with Crippen LogP contribution in [0.2, 0.25) is 0 Å². The predicted octanol–water partition coefficient (Wildman–Crippen LogP) is -1.40. The molecule has 0 aromatic carbocycles. The van der Waals surface area contributed by atoms with Crippen molar-refractivity contribution in [2.45, 2.75) is 70.5 Å². The van der Waals surface area contributed by atoms with E-state index in [1.54, 1.807) is 0 Å². The van der Waals surface area contributed by atoms with E-state index < -0.39 is 35.9 Å². The Morgan fingerprint density at radius 1 is 1.00 bits per heavy atom. The van der Waals surface area contributed by atoms with Crippen molar-refractivity contribution < 1.29 is 19.5 Å². The Bertz CT molecular complexity index is 552. The van der Waals surface area contributed by atoms with E-state index in [2.05, 4.69) is 15.6 Å². The topological polar surface area (TPSA) is 212 Å². The van der Waals surface area contributed by atoms with E-state index in [-0.39, 0.29) is 31.3 Å². The minimum atomic E-state index is -1.14. The third-order valence-electron chi connectivity index (χ3n) is 4.70. The molecule has 0 aliphatic rings. The SMILES string of the molecule is CCC(C)C(N)C(=O)NC(CCCN=C(N)N)C(=O)NC(CCCCN)C(=O)O. The highest BCUT2D eigenvalue weighted by molar-refractivity contribution is 5.91. The standard InChI is InChI=1S/C18H37N7O4/c1-3-11(2)14(20)16(27)24-12(8-6-10-23-18(21)22)15(26)25-13(17(28)29)7-4-5-9-19/h11-14H,3-10,19-20H2,1-2H3,(H,24,27)(H,25,26)(H,28,29)(H4,21,22,23). The number of nitrogens with two attached hydrogens (primary N) is 4. The highest BCUT2D eigenvalue weighted by Crippen LogP contribution is 2.08. The second kappa shape index (κ2) is 14.6. The van der Waals surface area contributed by atoms with Crippen molar-refractivity contribution in [3.05, 3.63) is 0 Å². The number of carbonyl (C=O) groups is 3. The van der Waals surface area contributed by atoms with Crippen LogP contribution in [0.4, 0.5) is 0 Å². The largest absolute Gasteiger partial charge is 0.480 e. The number of amides is 2. The zero-order valence-electron chi connectivity index (χ0n) is 17.4. The fraction of sp³-hybridized carbons (Fsp3) is 0.778. The van der Waals surface area contributed by atoms with Gasteiger partial charge in [-0.1, -0.05) is 20.3 Å². The number of carbonyl (C=O) groups excluding carboxylic acids is 2. The number of hydrogen-bond acceptors (Lipinski definition) is 6. The first-order chi connectivity index (χ1) is 13.6. The van der Waals surface area contributed by atoms with Crippen molar-refractivity contribution in [2.75, 3.05) is 13.1 Å². The summed E-state index contributed by atoms with van der Waals surface area (Å²) in [7, 11) is 0. The Morgan fingerprint density at radius 2 is 1.59 bits per heavy atom. The Labute approximate surface area is 172 Å². The molecule has 0 aliphatic carbocycles. The van der Waals surface area contributed by atoms with Gasteiger partial charge in [-0.2, -0.15) is 0 Å². The first-order valence-corrected chi connectivity index (χ1v) is 9.98. The highest BCUT2D eigenvalue weighted by atomic mass is 16.4. The van der Waals surface area contributed by atoms with Crippen molar-refractivity contribution >= 4 is 23.7 Å². The number of aliphatic imine (C=N–C) groups is 1. The molecule has 0 fully saturated rings. The maximum atomic E-state index is 12.7. The smallest absolute Gasteiger partial charge is 0.326 e. The zero-order valence-corrected chi connectivity index (χ0v) is 17.4. The summed E-state index contributed by atoms with van der Waals surface area (Å²) in [6.07, 6.45) is 2.82. The monoisotopic (exact) mass is 415 g/mol. The molecule has 2 amide bonds. The van der Waals surface area contributed by atoms with Crippen molar-refractivity contribution in [3.8, 4) is 0 Å². The summed E-state index contributed by atoms with van der Waals surface area (Å²) < 4.78 is 0. The van der Waals surface area contributed by atoms with Gasteiger partial charge < -0.3 is 38.7 Å². The maximum Gasteiger partial charge on any atom is 0.326 e. The Kier molecular flexibility index (Phi) is 13.4. The van der Waals surface area contributed by atoms with Crippen LogP contribution in [0.5, 0.6) is 0 Å². The summed E-state index contributed by atoms with van der Waals surface area (Å²) in [4.78, 5) is 40.4. The van der Waals surface area contributed by atoms with Gasteiger partial charge in [-0.05, 0) is 44.6 Å². The summed E-state index contributed by atoms with van der Waals surface area (Å²) in [6.45, 7) is 4.47. The molecule has 4 atom stereocenters. The lowest BCUT2D eigenvalue weighted by atomic mass is 9.98. The van der Waals surface area contributed by atoms with E-state index in [1.807, 2.05) is 13.8 Å². The quantitative estimate of drug-likeness (QED) is 0.0956. The Morgan fingerprint density at radius 3 is 2.10 bits per heavy atom. The third kappa shape index (κ3) is 11.3. The van der Waals surface area contributed by atoms with E-state index in [9.17, 15) is 19.5 Å². The molecule has 0 saturated carbocycles. The van der Waals surface area contributed by atoms with Crippen molar-refractivity contribution in [1.29, 1.82) is 0 Å². The molecule has 0 heterocycles. The number of nitrogens with one attached hydrogen (secondary N) is 2. The number of guanidine groups is 1. The van der Waals surface area contributed by atoms with Crippen LogP contribution in [-0.2, 0) is 14.4 Å². The van der Waals surface area contributed by atoms with Crippen LogP contribution in [0.1, 0.15) is 52.4 Å². The molecular weight excluding hydrogens is 378 g/mol. The first kappa shape index (κ1) is 26.6. The minimum Gasteiger partial charge on any atom is -0.480 e. The van der Waals surface area contributed by atoms with Crippen molar-refractivity contribution in [2.24, 2.45) is 33.8 Å². The average molecular weight is 416 g/mol. The van der Waals surface area contributed by atoms with Crippen LogP contribution >= 0.6 is 0 Å². The molecule has 11 nitrogen and oxygen atoms in total. The summed E-state index contributed by atoms with van der Waals surface area (Å²) in [5.74, 6) is -2.32. The summed E-state index contributed by atoms with van der Waals surface area (Å²) >= 11 is 0. The van der Waals surface area contributed by atoms with Gasteiger partial charge in [0.05, 0.1) is 6.04 Å². The number of unbranched alkanes of at least 4 members (excludes halogenated alkanes) is 1. The van der Waals surface area contributed by atoms with Gasteiger partial charge >= 0.3 is 5.97 Å². The predicted molar refractivity (Wildman–Crippen MR) is 112 cm³/mol.